The van der Waals surface area contributed by atoms with Gasteiger partial charge in [0.15, 0.2) is 5.82 Å². The molecule has 1 N–H and O–H groups in total. The highest BCUT2D eigenvalue weighted by atomic mass is 32.1. The fraction of sp³-hybridized carbons (Fsp3) is 0.636. The molecule has 0 atom stereocenters. The van der Waals surface area contributed by atoms with Crippen LogP contribution in [-0.4, -0.2) is 81.1 Å². The van der Waals surface area contributed by atoms with Gasteiger partial charge in [-0.25, -0.2) is 9.78 Å². The van der Waals surface area contributed by atoms with E-state index >= 15 is 0 Å². The van der Waals surface area contributed by atoms with Crippen molar-refractivity contribution in [2.75, 3.05) is 39.3 Å². The Morgan fingerprint density at radius 2 is 1.77 bits per heavy atom. The molecule has 6 rings (SSSR count). The van der Waals surface area contributed by atoms with Gasteiger partial charge in [0.1, 0.15) is 5.82 Å². The van der Waals surface area contributed by atoms with Gasteiger partial charge in [-0.3, -0.25) is 9.89 Å². The number of rotatable bonds is 3. The topological polar surface area (TPSA) is 85.4 Å². The maximum atomic E-state index is 12.9. The Hall–Kier alpha value is -2.42. The van der Waals surface area contributed by atoms with E-state index in [-0.39, 0.29) is 17.4 Å². The number of likely N-dealkylation sites (tertiary alicyclic amines) is 1. The molecule has 2 aromatic rings. The molecule has 4 heterocycles. The number of carbonyl (C=O) groups excluding carboxylic acids is 2. The Kier molecular flexibility index (Phi) is 4.38. The molecule has 3 amide bonds. The van der Waals surface area contributed by atoms with E-state index in [0.29, 0.717) is 38.0 Å². The normalized spacial score (nSPS) is 23.1. The van der Waals surface area contributed by atoms with Crippen LogP contribution in [-0.2, 0) is 0 Å². The molecular weight excluding hydrogens is 412 g/mol. The van der Waals surface area contributed by atoms with Crippen LogP contribution in [0.15, 0.2) is 11.4 Å². The second-order valence-electron chi connectivity index (χ2n) is 9.86. The van der Waals surface area contributed by atoms with E-state index in [1.807, 2.05) is 33.1 Å². The molecule has 2 aromatic heterocycles. The van der Waals surface area contributed by atoms with Gasteiger partial charge in [-0.15, -0.1) is 11.3 Å². The zero-order valence-corrected chi connectivity index (χ0v) is 18.7. The second-order valence-corrected chi connectivity index (χ2v) is 10.8. The molecule has 4 aliphatic rings. The fourth-order valence-corrected chi connectivity index (χ4v) is 6.20. The second kappa shape index (κ2) is 7.05. The lowest BCUT2D eigenvalue weighted by Gasteiger charge is -2.59. The van der Waals surface area contributed by atoms with Crippen molar-refractivity contribution in [3.8, 4) is 0 Å². The number of piperazine rings is 1. The van der Waals surface area contributed by atoms with Gasteiger partial charge in [0.05, 0.1) is 4.88 Å². The van der Waals surface area contributed by atoms with Crippen LogP contribution < -0.4 is 0 Å². The number of nitrogens with one attached hydrogen (secondary N) is 1. The molecule has 0 unspecified atom stereocenters. The van der Waals surface area contributed by atoms with Gasteiger partial charge in [0.25, 0.3) is 5.91 Å². The molecule has 31 heavy (non-hydrogen) atoms. The number of hydrogen-bond donors (Lipinski definition) is 1. The number of thiophene rings is 1. The summed E-state index contributed by atoms with van der Waals surface area (Å²) in [7, 11) is 0. The Balaban J connectivity index is 0.971. The highest BCUT2D eigenvalue weighted by Gasteiger charge is 2.55. The minimum Gasteiger partial charge on any atom is -0.334 e. The first-order chi connectivity index (χ1) is 15.0. The van der Waals surface area contributed by atoms with Crippen LogP contribution in [0.5, 0.6) is 0 Å². The van der Waals surface area contributed by atoms with Crippen LogP contribution in [0.1, 0.15) is 64.4 Å². The quantitative estimate of drug-likeness (QED) is 0.795. The van der Waals surface area contributed by atoms with Crippen molar-refractivity contribution in [1.82, 2.24) is 29.9 Å². The summed E-state index contributed by atoms with van der Waals surface area (Å²) in [5.74, 6) is 3.17. The molecule has 8 nitrogen and oxygen atoms in total. The van der Waals surface area contributed by atoms with E-state index in [1.54, 1.807) is 0 Å². The van der Waals surface area contributed by atoms with Crippen LogP contribution in [0.3, 0.4) is 0 Å². The van der Waals surface area contributed by atoms with Crippen molar-refractivity contribution >= 4 is 23.3 Å². The van der Waals surface area contributed by atoms with Gasteiger partial charge >= 0.3 is 6.03 Å². The first-order valence-electron chi connectivity index (χ1n) is 11.3. The average molecular weight is 441 g/mol. The van der Waals surface area contributed by atoms with Gasteiger partial charge in [-0.05, 0) is 49.6 Å². The lowest BCUT2D eigenvalue weighted by Crippen LogP contribution is -2.66. The van der Waals surface area contributed by atoms with Crippen molar-refractivity contribution in [1.29, 1.82) is 0 Å². The van der Waals surface area contributed by atoms with Gasteiger partial charge in [-0.2, -0.15) is 5.10 Å². The van der Waals surface area contributed by atoms with Gasteiger partial charge in [-0.1, -0.05) is 0 Å². The average Bonchev–Trinajstić information content (AvgIpc) is 3.29. The molecule has 2 aliphatic heterocycles. The summed E-state index contributed by atoms with van der Waals surface area (Å²) >= 11 is 1.50. The number of aromatic nitrogens is 3. The number of carbonyl (C=O) groups is 2. The Bertz CT molecular complexity index is 1000. The standard InChI is InChI=1S/C22H28N6O2S/c1-14-8-17(31-11-14)20(29)26-4-6-27(7-5-26)21(30)28-12-22(13-28)9-16(10-22)19-23-18(24-25-19)15-2-3-15/h8,11,15-16H,2-7,9-10,12-13H2,1H3,(H,23,24,25). The van der Waals surface area contributed by atoms with Gasteiger partial charge < -0.3 is 14.7 Å². The van der Waals surface area contributed by atoms with Crippen molar-refractivity contribution in [3.63, 3.8) is 0 Å². The molecule has 0 aromatic carbocycles. The van der Waals surface area contributed by atoms with E-state index < -0.39 is 0 Å². The van der Waals surface area contributed by atoms with Gasteiger partial charge in [0, 0.05) is 56.5 Å². The molecule has 2 aliphatic carbocycles. The third-order valence-corrected chi connectivity index (χ3v) is 8.35. The zero-order valence-electron chi connectivity index (χ0n) is 17.8. The largest absolute Gasteiger partial charge is 0.334 e. The summed E-state index contributed by atoms with van der Waals surface area (Å²) in [5, 5.41) is 9.56. The van der Waals surface area contributed by atoms with Crippen LogP contribution in [0.2, 0.25) is 0 Å². The third kappa shape index (κ3) is 3.43. The van der Waals surface area contributed by atoms with E-state index in [0.717, 1.165) is 48.0 Å². The maximum Gasteiger partial charge on any atom is 0.320 e. The van der Waals surface area contributed by atoms with Crippen LogP contribution in [0.25, 0.3) is 0 Å². The minimum absolute atomic E-state index is 0.0884. The third-order valence-electron chi connectivity index (χ3n) is 7.31. The molecule has 4 fully saturated rings. The number of urea groups is 1. The number of aromatic amines is 1. The smallest absolute Gasteiger partial charge is 0.320 e. The lowest BCUT2D eigenvalue weighted by atomic mass is 9.57. The molecule has 164 valence electrons. The molecule has 2 saturated carbocycles. The summed E-state index contributed by atoms with van der Waals surface area (Å²) in [5.41, 5.74) is 1.40. The summed E-state index contributed by atoms with van der Waals surface area (Å²) < 4.78 is 0. The first kappa shape index (κ1) is 19.3. The molecule has 1 spiro atoms. The van der Waals surface area contributed by atoms with Crippen LogP contribution in [0, 0.1) is 12.3 Å². The van der Waals surface area contributed by atoms with Crippen LogP contribution in [0.4, 0.5) is 4.79 Å². The van der Waals surface area contributed by atoms with Crippen molar-refractivity contribution < 1.29 is 9.59 Å². The number of hydrogen-bond acceptors (Lipinski definition) is 5. The van der Waals surface area contributed by atoms with E-state index in [2.05, 4.69) is 10.2 Å². The number of nitrogens with zero attached hydrogens (tertiary/aromatic N) is 5. The number of aryl methyl sites for hydroxylation is 1. The summed E-state index contributed by atoms with van der Waals surface area (Å²) in [4.78, 5) is 36.8. The number of amides is 3. The lowest BCUT2D eigenvalue weighted by molar-refractivity contribution is -0.0577. The molecule has 2 saturated heterocycles. The van der Waals surface area contributed by atoms with E-state index in [1.165, 1.54) is 24.2 Å². The van der Waals surface area contributed by atoms with Crippen molar-refractivity contribution in [3.05, 3.63) is 33.5 Å². The van der Waals surface area contributed by atoms with E-state index in [4.69, 9.17) is 4.98 Å². The first-order valence-corrected chi connectivity index (χ1v) is 12.2. The molecule has 9 heteroatoms. The Morgan fingerprint density at radius 1 is 1.06 bits per heavy atom. The monoisotopic (exact) mass is 440 g/mol. The highest BCUT2D eigenvalue weighted by Crippen LogP contribution is 2.55. The predicted molar refractivity (Wildman–Crippen MR) is 116 cm³/mol. The minimum atomic E-state index is 0.0884. The fourth-order valence-electron chi connectivity index (χ4n) is 5.34. The predicted octanol–water partition coefficient (Wildman–Crippen LogP) is 2.81. The Morgan fingerprint density at radius 3 is 2.42 bits per heavy atom. The van der Waals surface area contributed by atoms with Crippen LogP contribution >= 0.6 is 11.3 Å². The zero-order chi connectivity index (χ0) is 21.2. The number of H-pyrrole nitrogens is 1. The molecule has 0 radical (unpaired) electrons. The molecule has 0 bridgehead atoms. The highest BCUT2D eigenvalue weighted by molar-refractivity contribution is 7.12. The summed E-state index contributed by atoms with van der Waals surface area (Å²) in [6.07, 6.45) is 4.63. The maximum absolute atomic E-state index is 12.9. The Labute approximate surface area is 185 Å². The summed E-state index contributed by atoms with van der Waals surface area (Å²) in [6.45, 7) is 6.13. The van der Waals surface area contributed by atoms with E-state index in [9.17, 15) is 9.59 Å². The van der Waals surface area contributed by atoms with Crippen molar-refractivity contribution in [2.24, 2.45) is 5.41 Å². The van der Waals surface area contributed by atoms with Crippen molar-refractivity contribution in [2.45, 2.75) is 44.4 Å². The molecular formula is C22H28N6O2S. The van der Waals surface area contributed by atoms with Gasteiger partial charge in [0.2, 0.25) is 0 Å². The summed E-state index contributed by atoms with van der Waals surface area (Å²) in [6, 6.07) is 2.07. The SMILES string of the molecule is Cc1csc(C(=O)N2CCN(C(=O)N3CC4(CC(c5n[nH]c(C6CC6)n5)C4)C3)CC2)c1.